The van der Waals surface area contributed by atoms with Gasteiger partial charge in [0.05, 0.1) is 5.69 Å². The maximum Gasteiger partial charge on any atom is 0.219 e. The van der Waals surface area contributed by atoms with Crippen molar-refractivity contribution in [3.8, 4) is 11.6 Å². The number of rotatable bonds is 5. The van der Waals surface area contributed by atoms with Crippen molar-refractivity contribution in [2.24, 2.45) is 0 Å². The molecule has 4 heteroatoms. The maximum atomic E-state index is 5.74. The Morgan fingerprint density at radius 3 is 2.68 bits per heavy atom. The molecule has 3 rings (SSSR count). The Labute approximate surface area is 121 Å². The molecule has 1 aliphatic carbocycles. The van der Waals surface area contributed by atoms with Crippen molar-refractivity contribution < 1.29 is 4.74 Å². The Balaban J connectivity index is 1.66. The van der Waals surface area contributed by atoms with Crippen LogP contribution >= 0.6 is 15.9 Å². The van der Waals surface area contributed by atoms with Gasteiger partial charge in [0.2, 0.25) is 5.88 Å². The lowest BCUT2D eigenvalue weighted by atomic mass is 10.3. The molecule has 0 bridgehead atoms. The summed E-state index contributed by atoms with van der Waals surface area (Å²) >= 11 is 3.40. The van der Waals surface area contributed by atoms with Crippen molar-refractivity contribution >= 4 is 15.9 Å². The van der Waals surface area contributed by atoms with Crippen molar-refractivity contribution in [1.29, 1.82) is 0 Å². The second-order valence-corrected chi connectivity index (χ2v) is 5.59. The molecule has 1 saturated carbocycles. The van der Waals surface area contributed by atoms with E-state index in [0.29, 0.717) is 11.9 Å². The average Bonchev–Trinajstić information content (AvgIpc) is 3.24. The first-order valence-corrected chi connectivity index (χ1v) is 7.22. The second-order valence-electron chi connectivity index (χ2n) is 4.68. The molecule has 0 spiro atoms. The SMILES string of the molecule is Brc1ccc(Oc2cccc(CNC3CC3)n2)cc1. The van der Waals surface area contributed by atoms with E-state index in [1.807, 2.05) is 42.5 Å². The van der Waals surface area contributed by atoms with Gasteiger partial charge in [0.25, 0.3) is 0 Å². The minimum absolute atomic E-state index is 0.636. The van der Waals surface area contributed by atoms with Crippen molar-refractivity contribution in [2.75, 3.05) is 0 Å². The zero-order valence-electron chi connectivity index (χ0n) is 10.5. The molecule has 1 aromatic heterocycles. The number of ether oxygens (including phenoxy) is 1. The lowest BCUT2D eigenvalue weighted by Gasteiger charge is -2.07. The van der Waals surface area contributed by atoms with Crippen LogP contribution in [0.1, 0.15) is 18.5 Å². The molecule has 0 unspecified atom stereocenters. The van der Waals surface area contributed by atoms with Crippen molar-refractivity contribution in [3.05, 3.63) is 52.6 Å². The van der Waals surface area contributed by atoms with E-state index in [1.54, 1.807) is 0 Å². The van der Waals surface area contributed by atoms with Gasteiger partial charge < -0.3 is 10.1 Å². The van der Waals surface area contributed by atoms with E-state index in [-0.39, 0.29) is 0 Å². The number of benzene rings is 1. The van der Waals surface area contributed by atoms with Crippen LogP contribution in [0.25, 0.3) is 0 Å². The molecule has 1 aromatic carbocycles. The predicted octanol–water partition coefficient (Wildman–Crippen LogP) is 3.89. The molecule has 1 N–H and O–H groups in total. The summed E-state index contributed by atoms with van der Waals surface area (Å²) < 4.78 is 6.77. The molecule has 1 aliphatic rings. The summed E-state index contributed by atoms with van der Waals surface area (Å²) in [4.78, 5) is 4.49. The number of nitrogens with one attached hydrogen (secondary N) is 1. The predicted molar refractivity (Wildman–Crippen MR) is 78.3 cm³/mol. The van der Waals surface area contributed by atoms with Gasteiger partial charge in [-0.1, -0.05) is 22.0 Å². The minimum Gasteiger partial charge on any atom is -0.439 e. The lowest BCUT2D eigenvalue weighted by Crippen LogP contribution is -2.16. The van der Waals surface area contributed by atoms with Gasteiger partial charge in [-0.05, 0) is 43.2 Å². The van der Waals surface area contributed by atoms with Gasteiger partial charge in [0.1, 0.15) is 5.75 Å². The summed E-state index contributed by atoms with van der Waals surface area (Å²) in [5.74, 6) is 1.43. The van der Waals surface area contributed by atoms with Crippen molar-refractivity contribution in [2.45, 2.75) is 25.4 Å². The Kier molecular flexibility index (Phi) is 3.80. The molecule has 19 heavy (non-hydrogen) atoms. The summed E-state index contributed by atoms with van der Waals surface area (Å²) in [7, 11) is 0. The number of hydrogen-bond acceptors (Lipinski definition) is 3. The molecule has 3 nitrogen and oxygen atoms in total. The summed E-state index contributed by atoms with van der Waals surface area (Å²) in [6, 6.07) is 14.3. The van der Waals surface area contributed by atoms with Gasteiger partial charge in [0.15, 0.2) is 0 Å². The Morgan fingerprint density at radius 2 is 1.95 bits per heavy atom. The van der Waals surface area contributed by atoms with E-state index < -0.39 is 0 Å². The zero-order valence-corrected chi connectivity index (χ0v) is 12.1. The summed E-state index contributed by atoms with van der Waals surface area (Å²) in [5, 5.41) is 3.45. The Bertz CT molecular complexity index is 552. The molecule has 1 fully saturated rings. The van der Waals surface area contributed by atoms with Crippen LogP contribution in [0, 0.1) is 0 Å². The van der Waals surface area contributed by atoms with Crippen LogP contribution in [-0.4, -0.2) is 11.0 Å². The van der Waals surface area contributed by atoms with E-state index in [2.05, 4.69) is 26.2 Å². The van der Waals surface area contributed by atoms with Crippen LogP contribution in [0.15, 0.2) is 46.9 Å². The average molecular weight is 319 g/mol. The first-order valence-electron chi connectivity index (χ1n) is 6.42. The van der Waals surface area contributed by atoms with E-state index >= 15 is 0 Å². The van der Waals surface area contributed by atoms with Crippen molar-refractivity contribution in [1.82, 2.24) is 10.3 Å². The summed E-state index contributed by atoms with van der Waals surface area (Å²) in [6.07, 6.45) is 2.57. The fourth-order valence-corrected chi connectivity index (χ4v) is 2.04. The maximum absolute atomic E-state index is 5.74. The standard InChI is InChI=1S/C15H15BrN2O/c16-11-4-8-14(9-5-11)19-15-3-1-2-13(18-15)10-17-12-6-7-12/h1-5,8-9,12,17H,6-7,10H2. The molecule has 0 atom stereocenters. The molecule has 2 aromatic rings. The fourth-order valence-electron chi connectivity index (χ4n) is 1.77. The van der Waals surface area contributed by atoms with Crippen LogP contribution in [0.2, 0.25) is 0 Å². The Morgan fingerprint density at radius 1 is 1.16 bits per heavy atom. The molecular formula is C15H15BrN2O. The third-order valence-electron chi connectivity index (χ3n) is 2.97. The number of hydrogen-bond donors (Lipinski definition) is 1. The normalized spacial score (nSPS) is 14.4. The third-order valence-corrected chi connectivity index (χ3v) is 3.50. The Hall–Kier alpha value is -1.39. The van der Waals surface area contributed by atoms with Gasteiger partial charge >= 0.3 is 0 Å². The first-order chi connectivity index (χ1) is 9.29. The lowest BCUT2D eigenvalue weighted by molar-refractivity contribution is 0.459. The number of pyridine rings is 1. The van der Waals surface area contributed by atoms with Gasteiger partial charge in [-0.2, -0.15) is 0 Å². The smallest absolute Gasteiger partial charge is 0.219 e. The summed E-state index contributed by atoms with van der Waals surface area (Å²) in [6.45, 7) is 0.808. The van der Waals surface area contributed by atoms with Crippen LogP contribution in [0.4, 0.5) is 0 Å². The highest BCUT2D eigenvalue weighted by Crippen LogP contribution is 2.22. The molecule has 0 radical (unpaired) electrons. The van der Waals surface area contributed by atoms with E-state index in [9.17, 15) is 0 Å². The van der Waals surface area contributed by atoms with E-state index in [0.717, 1.165) is 22.5 Å². The highest BCUT2D eigenvalue weighted by atomic mass is 79.9. The van der Waals surface area contributed by atoms with E-state index in [1.165, 1.54) is 12.8 Å². The second kappa shape index (κ2) is 5.72. The summed E-state index contributed by atoms with van der Waals surface area (Å²) in [5.41, 5.74) is 1.02. The molecule has 1 heterocycles. The van der Waals surface area contributed by atoms with Gasteiger partial charge in [-0.3, -0.25) is 0 Å². The highest BCUT2D eigenvalue weighted by molar-refractivity contribution is 9.10. The monoisotopic (exact) mass is 318 g/mol. The van der Waals surface area contributed by atoms with Crippen LogP contribution in [-0.2, 0) is 6.54 Å². The topological polar surface area (TPSA) is 34.1 Å². The molecule has 0 saturated heterocycles. The molecule has 98 valence electrons. The number of nitrogens with zero attached hydrogens (tertiary/aromatic N) is 1. The molecular weight excluding hydrogens is 304 g/mol. The van der Waals surface area contributed by atoms with E-state index in [4.69, 9.17) is 4.74 Å². The quantitative estimate of drug-likeness (QED) is 0.908. The van der Waals surface area contributed by atoms with Crippen molar-refractivity contribution in [3.63, 3.8) is 0 Å². The largest absolute Gasteiger partial charge is 0.439 e. The molecule has 0 aliphatic heterocycles. The molecule has 0 amide bonds. The minimum atomic E-state index is 0.636. The van der Waals surface area contributed by atoms with Gasteiger partial charge in [-0.15, -0.1) is 0 Å². The van der Waals surface area contributed by atoms with Gasteiger partial charge in [-0.25, -0.2) is 4.98 Å². The van der Waals surface area contributed by atoms with Crippen LogP contribution in [0.3, 0.4) is 0 Å². The van der Waals surface area contributed by atoms with Gasteiger partial charge in [0, 0.05) is 23.1 Å². The number of halogens is 1. The van der Waals surface area contributed by atoms with Crippen LogP contribution in [0.5, 0.6) is 11.6 Å². The third kappa shape index (κ3) is 3.78. The number of aromatic nitrogens is 1. The van der Waals surface area contributed by atoms with Crippen LogP contribution < -0.4 is 10.1 Å². The zero-order chi connectivity index (χ0) is 13.1. The fraction of sp³-hybridized carbons (Fsp3) is 0.267. The highest BCUT2D eigenvalue weighted by Gasteiger charge is 2.20. The first kappa shape index (κ1) is 12.6.